The van der Waals surface area contributed by atoms with Gasteiger partial charge < -0.3 is 13.3 Å². The van der Waals surface area contributed by atoms with Crippen molar-refractivity contribution in [2.45, 2.75) is 71.8 Å². The Morgan fingerprint density at radius 1 is 0.750 bits per heavy atom. The van der Waals surface area contributed by atoms with E-state index in [1.165, 1.54) is 32.1 Å². The van der Waals surface area contributed by atoms with E-state index in [0.717, 1.165) is 18.9 Å². The maximum atomic E-state index is 5.85. The molecule has 120 valence electrons. The summed E-state index contributed by atoms with van der Waals surface area (Å²) in [5.74, 6) is 0. The zero-order valence-electron chi connectivity index (χ0n) is 13.8. The monoisotopic (exact) mass is 302 g/mol. The molecule has 0 saturated carbocycles. The Kier molecular flexibility index (Phi) is 13.7. The molecule has 0 spiro atoms. The van der Waals surface area contributed by atoms with Crippen LogP contribution in [0.25, 0.3) is 0 Å². The summed E-state index contributed by atoms with van der Waals surface area (Å²) in [4.78, 5) is 0. The van der Waals surface area contributed by atoms with Crippen LogP contribution < -0.4 is 0 Å². The van der Waals surface area contributed by atoms with Crippen molar-refractivity contribution in [2.24, 2.45) is 0 Å². The van der Waals surface area contributed by atoms with Crippen molar-refractivity contribution >= 4 is 8.80 Å². The van der Waals surface area contributed by atoms with Crippen molar-refractivity contribution in [3.63, 3.8) is 0 Å². The second-order valence-electron chi connectivity index (χ2n) is 4.93. The third-order valence-electron chi connectivity index (χ3n) is 3.23. The lowest BCUT2D eigenvalue weighted by molar-refractivity contribution is 0.0706. The quantitative estimate of drug-likeness (QED) is 0.243. The molecule has 0 aliphatic rings. The fourth-order valence-corrected chi connectivity index (χ4v) is 5.02. The molecule has 20 heavy (non-hydrogen) atoms. The number of allylic oxidation sites excluding steroid dienone is 1. The summed E-state index contributed by atoms with van der Waals surface area (Å²) in [6.45, 7) is 11.8. The highest BCUT2D eigenvalue weighted by molar-refractivity contribution is 6.60. The molecule has 0 unspecified atom stereocenters. The fourth-order valence-electron chi connectivity index (χ4n) is 2.34. The Bertz CT molecular complexity index is 205. The molecule has 0 heterocycles. The van der Waals surface area contributed by atoms with E-state index in [-0.39, 0.29) is 0 Å². The molecule has 0 aromatic carbocycles. The third-order valence-corrected chi connectivity index (χ3v) is 6.39. The van der Waals surface area contributed by atoms with Gasteiger partial charge in [0.15, 0.2) is 0 Å². The molecule has 3 nitrogen and oxygen atoms in total. The van der Waals surface area contributed by atoms with Gasteiger partial charge in [-0.15, -0.1) is 6.58 Å². The van der Waals surface area contributed by atoms with E-state index in [2.05, 4.69) is 6.58 Å². The van der Waals surface area contributed by atoms with E-state index in [4.69, 9.17) is 13.3 Å². The summed E-state index contributed by atoms with van der Waals surface area (Å²) in [6, 6.07) is 0.954. The minimum Gasteiger partial charge on any atom is -0.374 e. The van der Waals surface area contributed by atoms with Crippen LogP contribution in [0, 0.1) is 0 Å². The molecule has 0 saturated heterocycles. The normalized spacial score (nSPS) is 11.8. The van der Waals surface area contributed by atoms with E-state index in [0.29, 0.717) is 19.8 Å². The molecule has 0 radical (unpaired) electrons. The average molecular weight is 303 g/mol. The smallest absolute Gasteiger partial charge is 0.374 e. The minimum atomic E-state index is -2.39. The average Bonchev–Trinajstić information content (AvgIpc) is 2.43. The Hall–Kier alpha value is -0.163. The van der Waals surface area contributed by atoms with Gasteiger partial charge in [-0.2, -0.15) is 0 Å². The Balaban J connectivity index is 3.85. The van der Waals surface area contributed by atoms with Crippen LogP contribution >= 0.6 is 0 Å². The number of hydrogen-bond donors (Lipinski definition) is 0. The van der Waals surface area contributed by atoms with E-state index < -0.39 is 8.80 Å². The molecule has 0 aromatic rings. The summed E-state index contributed by atoms with van der Waals surface area (Å²) in [5, 5.41) is 0. The second kappa shape index (κ2) is 13.8. The summed E-state index contributed by atoms with van der Waals surface area (Å²) < 4.78 is 17.6. The first kappa shape index (κ1) is 19.8. The zero-order valence-corrected chi connectivity index (χ0v) is 14.8. The Morgan fingerprint density at radius 2 is 1.20 bits per heavy atom. The van der Waals surface area contributed by atoms with E-state index in [1.54, 1.807) is 0 Å². The predicted octanol–water partition coefficient (Wildman–Crippen LogP) is 4.95. The van der Waals surface area contributed by atoms with Crippen LogP contribution in [0.5, 0.6) is 0 Å². The fraction of sp³-hybridized carbons (Fsp3) is 0.875. The summed E-state index contributed by atoms with van der Waals surface area (Å²) in [5.41, 5.74) is 0. The highest BCUT2D eigenvalue weighted by Crippen LogP contribution is 2.20. The van der Waals surface area contributed by atoms with Crippen LogP contribution in [0.2, 0.25) is 6.04 Å². The van der Waals surface area contributed by atoms with Gasteiger partial charge in [0.2, 0.25) is 0 Å². The Morgan fingerprint density at radius 3 is 1.65 bits per heavy atom. The first-order valence-electron chi connectivity index (χ1n) is 8.27. The molecule has 0 atom stereocenters. The highest BCUT2D eigenvalue weighted by Gasteiger charge is 2.39. The molecule has 0 N–H and O–H groups in total. The lowest BCUT2D eigenvalue weighted by Gasteiger charge is -2.28. The maximum absolute atomic E-state index is 5.85. The molecule has 0 bridgehead atoms. The minimum absolute atomic E-state index is 0.674. The predicted molar refractivity (Wildman–Crippen MR) is 88.0 cm³/mol. The van der Waals surface area contributed by atoms with Gasteiger partial charge in [0.25, 0.3) is 0 Å². The maximum Gasteiger partial charge on any atom is 0.500 e. The van der Waals surface area contributed by atoms with Crippen molar-refractivity contribution in [1.29, 1.82) is 0 Å². The van der Waals surface area contributed by atoms with Crippen LogP contribution in [0.3, 0.4) is 0 Å². The first-order chi connectivity index (χ1) is 9.74. The van der Waals surface area contributed by atoms with Crippen LogP contribution in [-0.4, -0.2) is 28.6 Å². The van der Waals surface area contributed by atoms with Gasteiger partial charge in [-0.1, -0.05) is 31.8 Å². The van der Waals surface area contributed by atoms with Crippen LogP contribution in [0.1, 0.15) is 65.7 Å². The van der Waals surface area contributed by atoms with Crippen molar-refractivity contribution in [2.75, 3.05) is 19.8 Å². The van der Waals surface area contributed by atoms with Gasteiger partial charge in [0.05, 0.1) is 0 Å². The molecule has 0 rings (SSSR count). The SMILES string of the molecule is C=CCCCCCCCC[Si](OCC)(OCC)OCC. The molecular weight excluding hydrogens is 268 g/mol. The van der Waals surface area contributed by atoms with Crippen LogP contribution in [-0.2, 0) is 13.3 Å². The molecule has 0 aliphatic carbocycles. The topological polar surface area (TPSA) is 27.7 Å². The standard InChI is InChI=1S/C16H34O3Si/c1-5-9-10-11-12-13-14-15-16-20(17-6-2,18-7-3)19-8-4/h5H,1,6-16H2,2-4H3. The molecule has 4 heteroatoms. The second-order valence-corrected chi connectivity index (χ2v) is 7.66. The lowest BCUT2D eigenvalue weighted by Crippen LogP contribution is -2.45. The van der Waals surface area contributed by atoms with Crippen molar-refractivity contribution in [3.8, 4) is 0 Å². The largest absolute Gasteiger partial charge is 0.500 e. The zero-order chi connectivity index (χ0) is 15.1. The molecule has 0 amide bonds. The lowest BCUT2D eigenvalue weighted by atomic mass is 10.1. The van der Waals surface area contributed by atoms with Crippen LogP contribution in [0.4, 0.5) is 0 Å². The molecular formula is C16H34O3Si. The van der Waals surface area contributed by atoms with Gasteiger partial charge in [-0.05, 0) is 40.0 Å². The Labute approximate surface area is 127 Å². The van der Waals surface area contributed by atoms with Gasteiger partial charge in [0.1, 0.15) is 0 Å². The van der Waals surface area contributed by atoms with Gasteiger partial charge in [-0.25, -0.2) is 0 Å². The summed E-state index contributed by atoms with van der Waals surface area (Å²) >= 11 is 0. The van der Waals surface area contributed by atoms with Gasteiger partial charge in [0, 0.05) is 25.9 Å². The number of rotatable bonds is 15. The summed E-state index contributed by atoms with van der Waals surface area (Å²) in [7, 11) is -2.39. The highest BCUT2D eigenvalue weighted by atomic mass is 28.4. The van der Waals surface area contributed by atoms with Gasteiger partial charge >= 0.3 is 8.80 Å². The van der Waals surface area contributed by atoms with Crippen molar-refractivity contribution < 1.29 is 13.3 Å². The van der Waals surface area contributed by atoms with Crippen LogP contribution in [0.15, 0.2) is 12.7 Å². The van der Waals surface area contributed by atoms with E-state index in [9.17, 15) is 0 Å². The van der Waals surface area contributed by atoms with E-state index >= 15 is 0 Å². The van der Waals surface area contributed by atoms with Crippen molar-refractivity contribution in [3.05, 3.63) is 12.7 Å². The first-order valence-corrected chi connectivity index (χ1v) is 10.2. The number of hydrogen-bond acceptors (Lipinski definition) is 3. The number of unbranched alkanes of at least 4 members (excludes halogenated alkanes) is 6. The molecule has 0 fully saturated rings. The molecule has 0 aliphatic heterocycles. The van der Waals surface area contributed by atoms with E-state index in [1.807, 2.05) is 26.8 Å². The van der Waals surface area contributed by atoms with Gasteiger partial charge in [-0.3, -0.25) is 0 Å². The molecule has 0 aromatic heterocycles. The third kappa shape index (κ3) is 9.70. The summed E-state index contributed by atoms with van der Waals surface area (Å²) in [6.07, 6.45) is 10.8. The van der Waals surface area contributed by atoms with Crippen molar-refractivity contribution in [1.82, 2.24) is 0 Å².